The second-order valence-corrected chi connectivity index (χ2v) is 5.50. The van der Waals surface area contributed by atoms with Crippen LogP contribution in [-0.2, 0) is 14.8 Å². The first-order valence-corrected chi connectivity index (χ1v) is 7.31. The van der Waals surface area contributed by atoms with Crippen LogP contribution in [0.4, 0.5) is 10.4 Å². The molecule has 7 nitrogen and oxygen atoms in total. The molecule has 0 atom stereocenters. The zero-order valence-corrected chi connectivity index (χ0v) is 11.7. The fourth-order valence-corrected chi connectivity index (χ4v) is 2.34. The van der Waals surface area contributed by atoms with Crippen LogP contribution < -0.4 is 4.72 Å². The maximum atomic E-state index is 12.8. The molecule has 1 heterocycles. The minimum absolute atomic E-state index is 0.155. The molecule has 112 valence electrons. The monoisotopic (exact) mass is 314 g/mol. The molecule has 0 bridgehead atoms. The lowest BCUT2D eigenvalue weighted by Gasteiger charge is -2.03. The average Bonchev–Trinajstić information content (AvgIpc) is 2.87. The summed E-state index contributed by atoms with van der Waals surface area (Å²) in [5.74, 6) is -1.29. The number of esters is 1. The van der Waals surface area contributed by atoms with Gasteiger partial charge < -0.3 is 9.15 Å². The van der Waals surface area contributed by atoms with E-state index < -0.39 is 21.8 Å². The van der Waals surface area contributed by atoms with Crippen molar-refractivity contribution >= 4 is 22.0 Å². The summed E-state index contributed by atoms with van der Waals surface area (Å²) in [5, 5.41) is 0. The van der Waals surface area contributed by atoms with Crippen LogP contribution in [0.1, 0.15) is 17.4 Å². The van der Waals surface area contributed by atoms with E-state index in [2.05, 4.69) is 9.72 Å². The number of carbonyl (C=O) groups excluding carboxylic acids is 1. The maximum absolute atomic E-state index is 12.8. The highest BCUT2D eigenvalue weighted by atomic mass is 32.2. The lowest BCUT2D eigenvalue weighted by atomic mass is 10.4. The number of aromatic nitrogens is 1. The quantitative estimate of drug-likeness (QED) is 0.845. The van der Waals surface area contributed by atoms with Gasteiger partial charge in [0.2, 0.25) is 0 Å². The average molecular weight is 314 g/mol. The van der Waals surface area contributed by atoms with E-state index in [4.69, 9.17) is 4.42 Å². The Balaban J connectivity index is 2.17. The molecule has 0 aliphatic rings. The molecule has 0 saturated carbocycles. The van der Waals surface area contributed by atoms with Gasteiger partial charge in [0.1, 0.15) is 12.1 Å². The summed E-state index contributed by atoms with van der Waals surface area (Å²) < 4.78 is 48.3. The Hall–Kier alpha value is -2.42. The number of nitrogens with one attached hydrogen (secondary N) is 1. The van der Waals surface area contributed by atoms with Gasteiger partial charge in [0.05, 0.1) is 11.5 Å². The smallest absolute Gasteiger partial charge is 0.360 e. The van der Waals surface area contributed by atoms with Gasteiger partial charge in [0.25, 0.3) is 10.0 Å². The number of carbonyl (C=O) groups is 1. The Kier molecular flexibility index (Phi) is 4.22. The van der Waals surface area contributed by atoms with Crippen LogP contribution in [-0.4, -0.2) is 26.0 Å². The van der Waals surface area contributed by atoms with E-state index in [1.807, 2.05) is 4.72 Å². The van der Waals surface area contributed by atoms with Gasteiger partial charge >= 0.3 is 12.0 Å². The summed E-state index contributed by atoms with van der Waals surface area (Å²) in [4.78, 5) is 14.9. The van der Waals surface area contributed by atoms with Gasteiger partial charge in [-0.25, -0.2) is 22.3 Å². The molecular formula is C12H11FN2O5S. The third-order valence-corrected chi connectivity index (χ3v) is 3.67. The molecule has 1 aromatic heterocycles. The zero-order valence-electron chi connectivity index (χ0n) is 10.9. The van der Waals surface area contributed by atoms with Crippen molar-refractivity contribution in [3.8, 4) is 0 Å². The first-order valence-electron chi connectivity index (χ1n) is 5.83. The molecule has 9 heteroatoms. The van der Waals surface area contributed by atoms with Crippen LogP contribution in [0, 0.1) is 5.82 Å². The van der Waals surface area contributed by atoms with E-state index in [1.165, 1.54) is 0 Å². The molecule has 0 unspecified atom stereocenters. The van der Waals surface area contributed by atoms with Gasteiger partial charge in [-0.3, -0.25) is 0 Å². The third kappa shape index (κ3) is 3.57. The standard InChI is InChI=1S/C12H11FN2O5S/c1-2-19-11(16)10-7-20-12(14-10)15-21(17,18)9-5-3-8(13)4-6-9/h3-7H,2H2,1H3,(H,14,15). The number of ether oxygens (including phenoxy) is 1. The van der Waals surface area contributed by atoms with E-state index in [-0.39, 0.29) is 23.2 Å². The van der Waals surface area contributed by atoms with E-state index in [0.717, 1.165) is 30.5 Å². The molecule has 2 aromatic rings. The predicted octanol–water partition coefficient (Wildman–Crippen LogP) is 1.79. The van der Waals surface area contributed by atoms with Crippen LogP contribution in [0.2, 0.25) is 0 Å². The molecule has 0 radical (unpaired) electrons. The highest BCUT2D eigenvalue weighted by Gasteiger charge is 2.19. The molecule has 0 aliphatic carbocycles. The van der Waals surface area contributed by atoms with Crippen molar-refractivity contribution < 1.29 is 26.8 Å². The second kappa shape index (κ2) is 5.92. The molecule has 21 heavy (non-hydrogen) atoms. The van der Waals surface area contributed by atoms with E-state index in [0.29, 0.717) is 0 Å². The summed E-state index contributed by atoms with van der Waals surface area (Å²) in [6.07, 6.45) is 0.973. The lowest BCUT2D eigenvalue weighted by Crippen LogP contribution is -2.13. The summed E-state index contributed by atoms with van der Waals surface area (Å²) in [6.45, 7) is 1.78. The number of hydrogen-bond donors (Lipinski definition) is 1. The van der Waals surface area contributed by atoms with Crippen molar-refractivity contribution in [2.75, 3.05) is 11.3 Å². The molecular weight excluding hydrogens is 303 g/mol. The van der Waals surface area contributed by atoms with Crippen LogP contribution in [0.15, 0.2) is 39.8 Å². The molecule has 1 N–H and O–H groups in total. The zero-order chi connectivity index (χ0) is 15.5. The molecule has 0 amide bonds. The van der Waals surface area contributed by atoms with Gasteiger partial charge in [0.15, 0.2) is 5.69 Å². The third-order valence-electron chi connectivity index (χ3n) is 2.33. The normalized spacial score (nSPS) is 11.1. The highest BCUT2D eigenvalue weighted by molar-refractivity contribution is 7.92. The van der Waals surface area contributed by atoms with Crippen molar-refractivity contribution in [2.45, 2.75) is 11.8 Å². The summed E-state index contributed by atoms with van der Waals surface area (Å²) in [5.41, 5.74) is -0.159. The van der Waals surface area contributed by atoms with Gasteiger partial charge in [-0.1, -0.05) is 0 Å². The molecule has 0 saturated heterocycles. The minimum Gasteiger partial charge on any atom is -0.461 e. The van der Waals surface area contributed by atoms with Crippen LogP contribution in [0.3, 0.4) is 0 Å². The number of halogens is 1. The van der Waals surface area contributed by atoms with Crippen LogP contribution in [0.25, 0.3) is 0 Å². The first-order chi connectivity index (χ1) is 9.92. The van der Waals surface area contributed by atoms with Gasteiger partial charge in [0, 0.05) is 0 Å². The summed E-state index contributed by atoms with van der Waals surface area (Å²) in [6, 6.07) is 3.81. The number of oxazole rings is 1. The Morgan fingerprint density at radius 2 is 2.05 bits per heavy atom. The number of sulfonamides is 1. The largest absolute Gasteiger partial charge is 0.461 e. The predicted molar refractivity (Wildman–Crippen MR) is 69.7 cm³/mol. The van der Waals surface area contributed by atoms with Crippen molar-refractivity contribution in [1.29, 1.82) is 0 Å². The number of rotatable bonds is 5. The summed E-state index contributed by atoms with van der Waals surface area (Å²) in [7, 11) is -3.98. The Morgan fingerprint density at radius 1 is 1.38 bits per heavy atom. The van der Waals surface area contributed by atoms with Gasteiger partial charge in [-0.05, 0) is 31.2 Å². The van der Waals surface area contributed by atoms with Crippen LogP contribution in [0.5, 0.6) is 0 Å². The van der Waals surface area contributed by atoms with Gasteiger partial charge in [-0.15, -0.1) is 0 Å². The minimum atomic E-state index is -3.98. The fourth-order valence-electron chi connectivity index (χ4n) is 1.41. The Morgan fingerprint density at radius 3 is 2.67 bits per heavy atom. The SMILES string of the molecule is CCOC(=O)c1coc(NS(=O)(=O)c2ccc(F)cc2)n1. The second-order valence-electron chi connectivity index (χ2n) is 3.82. The first kappa shape index (κ1) is 15.0. The summed E-state index contributed by atoms with van der Waals surface area (Å²) >= 11 is 0. The van der Waals surface area contributed by atoms with Crippen molar-refractivity contribution in [1.82, 2.24) is 4.98 Å². The van der Waals surface area contributed by atoms with E-state index in [1.54, 1.807) is 6.92 Å². The van der Waals surface area contributed by atoms with E-state index >= 15 is 0 Å². The van der Waals surface area contributed by atoms with Crippen molar-refractivity contribution in [2.24, 2.45) is 0 Å². The number of hydrogen-bond acceptors (Lipinski definition) is 6. The molecule has 0 aliphatic heterocycles. The van der Waals surface area contributed by atoms with Crippen molar-refractivity contribution in [3.63, 3.8) is 0 Å². The van der Waals surface area contributed by atoms with Crippen molar-refractivity contribution in [3.05, 3.63) is 42.0 Å². The van der Waals surface area contributed by atoms with E-state index in [9.17, 15) is 17.6 Å². The lowest BCUT2D eigenvalue weighted by molar-refractivity contribution is 0.0519. The number of anilines is 1. The number of benzene rings is 1. The Labute approximate surface area is 119 Å². The molecule has 2 rings (SSSR count). The molecule has 1 aromatic carbocycles. The number of nitrogens with zero attached hydrogens (tertiary/aromatic N) is 1. The topological polar surface area (TPSA) is 98.5 Å². The maximum Gasteiger partial charge on any atom is 0.360 e. The Bertz CT molecular complexity index is 739. The fraction of sp³-hybridized carbons (Fsp3) is 0.167. The van der Waals surface area contributed by atoms with Crippen LogP contribution >= 0.6 is 0 Å². The van der Waals surface area contributed by atoms with Gasteiger partial charge in [-0.2, -0.15) is 4.98 Å². The molecule has 0 fully saturated rings. The highest BCUT2D eigenvalue weighted by Crippen LogP contribution is 2.16. The molecule has 0 spiro atoms.